The number of benzene rings is 1. The molecule has 0 saturated heterocycles. The summed E-state index contributed by atoms with van der Waals surface area (Å²) in [6, 6.07) is 8.80. The van der Waals surface area contributed by atoms with Gasteiger partial charge < -0.3 is 10.1 Å². The summed E-state index contributed by atoms with van der Waals surface area (Å²) in [6.45, 7) is 5.76. The summed E-state index contributed by atoms with van der Waals surface area (Å²) in [5.74, 6) is 2.81. The number of rotatable bonds is 7. The van der Waals surface area contributed by atoms with E-state index in [1.54, 1.807) is 7.11 Å². The maximum Gasteiger partial charge on any atom is 0.122 e. The highest BCUT2D eigenvalue weighted by Crippen LogP contribution is 2.36. The van der Waals surface area contributed by atoms with Crippen molar-refractivity contribution in [1.29, 1.82) is 0 Å². The lowest BCUT2D eigenvalue weighted by atomic mass is 10.0. The van der Waals surface area contributed by atoms with Crippen LogP contribution in [-0.4, -0.2) is 19.7 Å². The fourth-order valence-electron chi connectivity index (χ4n) is 2.49. The molecule has 2 atom stereocenters. The van der Waals surface area contributed by atoms with Crippen LogP contribution in [0.3, 0.4) is 0 Å². The lowest BCUT2D eigenvalue weighted by Gasteiger charge is -2.18. The van der Waals surface area contributed by atoms with Crippen LogP contribution in [-0.2, 0) is 6.42 Å². The summed E-state index contributed by atoms with van der Waals surface area (Å²) in [5, 5.41) is 3.65. The first-order valence-electron chi connectivity index (χ1n) is 7.06. The van der Waals surface area contributed by atoms with Crippen molar-refractivity contribution in [1.82, 2.24) is 5.32 Å². The number of hydrogen-bond acceptors (Lipinski definition) is 2. The van der Waals surface area contributed by atoms with Crippen LogP contribution in [0.15, 0.2) is 24.3 Å². The maximum absolute atomic E-state index is 5.39. The van der Waals surface area contributed by atoms with Gasteiger partial charge in [-0.05, 0) is 56.2 Å². The molecule has 0 bridgehead atoms. The minimum atomic E-state index is 0.502. The van der Waals surface area contributed by atoms with Gasteiger partial charge in [0.25, 0.3) is 0 Å². The van der Waals surface area contributed by atoms with Crippen LogP contribution >= 0.6 is 0 Å². The van der Waals surface area contributed by atoms with E-state index in [-0.39, 0.29) is 0 Å². The van der Waals surface area contributed by atoms with Crippen molar-refractivity contribution in [2.45, 2.75) is 39.2 Å². The molecule has 2 rings (SSSR count). The van der Waals surface area contributed by atoms with Crippen LogP contribution in [0.4, 0.5) is 0 Å². The molecule has 18 heavy (non-hydrogen) atoms. The molecule has 2 heteroatoms. The molecule has 1 aromatic rings. The molecule has 1 saturated carbocycles. The molecular formula is C16H25NO. The van der Waals surface area contributed by atoms with E-state index in [9.17, 15) is 0 Å². The third-order valence-corrected chi connectivity index (χ3v) is 3.93. The molecule has 1 fully saturated rings. The van der Waals surface area contributed by atoms with E-state index in [0.29, 0.717) is 6.04 Å². The molecule has 0 amide bonds. The number of hydrogen-bond donors (Lipinski definition) is 1. The Bertz CT molecular complexity index is 373. The van der Waals surface area contributed by atoms with Crippen molar-refractivity contribution in [3.8, 4) is 5.75 Å². The minimum absolute atomic E-state index is 0.502. The zero-order valence-corrected chi connectivity index (χ0v) is 11.8. The standard InChI is InChI=1S/C16H25NO/c1-12(14-8-9-14)11-17-13(2)10-15-6-4-5-7-16(15)18-3/h4-7,12-14,17H,8-11H2,1-3H3. The average Bonchev–Trinajstić information content (AvgIpc) is 3.21. The summed E-state index contributed by atoms with van der Waals surface area (Å²) in [6.07, 6.45) is 3.90. The van der Waals surface area contributed by atoms with E-state index in [0.717, 1.165) is 30.6 Å². The van der Waals surface area contributed by atoms with Crippen molar-refractivity contribution in [3.05, 3.63) is 29.8 Å². The zero-order valence-electron chi connectivity index (χ0n) is 11.8. The van der Waals surface area contributed by atoms with Crippen molar-refractivity contribution in [3.63, 3.8) is 0 Å². The van der Waals surface area contributed by atoms with Crippen LogP contribution in [0.1, 0.15) is 32.3 Å². The van der Waals surface area contributed by atoms with Crippen molar-refractivity contribution in [2.24, 2.45) is 11.8 Å². The highest BCUT2D eigenvalue weighted by atomic mass is 16.5. The summed E-state index contributed by atoms with van der Waals surface area (Å²) in [5.41, 5.74) is 1.29. The van der Waals surface area contributed by atoms with Gasteiger partial charge in [0.05, 0.1) is 7.11 Å². The highest BCUT2D eigenvalue weighted by Gasteiger charge is 2.27. The fourth-order valence-corrected chi connectivity index (χ4v) is 2.49. The van der Waals surface area contributed by atoms with E-state index in [1.807, 2.05) is 12.1 Å². The Labute approximate surface area is 111 Å². The Morgan fingerprint density at radius 2 is 2.00 bits per heavy atom. The topological polar surface area (TPSA) is 21.3 Å². The van der Waals surface area contributed by atoms with Gasteiger partial charge in [0, 0.05) is 6.04 Å². The van der Waals surface area contributed by atoms with Crippen molar-refractivity contribution in [2.75, 3.05) is 13.7 Å². The molecule has 0 spiro atoms. The second-order valence-corrected chi connectivity index (χ2v) is 5.64. The van der Waals surface area contributed by atoms with Gasteiger partial charge >= 0.3 is 0 Å². The molecule has 2 nitrogen and oxygen atoms in total. The Morgan fingerprint density at radius 3 is 2.67 bits per heavy atom. The number of ether oxygens (including phenoxy) is 1. The Balaban J connectivity index is 1.80. The van der Waals surface area contributed by atoms with Crippen molar-refractivity contribution < 1.29 is 4.74 Å². The van der Waals surface area contributed by atoms with Gasteiger partial charge in [-0.1, -0.05) is 25.1 Å². The Hall–Kier alpha value is -1.02. The average molecular weight is 247 g/mol. The van der Waals surface area contributed by atoms with Crippen LogP contribution in [0.2, 0.25) is 0 Å². The molecule has 2 unspecified atom stereocenters. The Morgan fingerprint density at radius 1 is 1.28 bits per heavy atom. The van der Waals surface area contributed by atoms with Gasteiger partial charge in [0.1, 0.15) is 5.75 Å². The number of methoxy groups -OCH3 is 1. The molecule has 1 aromatic carbocycles. The molecule has 1 aliphatic carbocycles. The summed E-state index contributed by atoms with van der Waals surface area (Å²) < 4.78 is 5.39. The first-order valence-corrected chi connectivity index (χ1v) is 7.06. The predicted octanol–water partition coefficient (Wildman–Crippen LogP) is 3.26. The molecule has 0 radical (unpaired) electrons. The third-order valence-electron chi connectivity index (χ3n) is 3.93. The van der Waals surface area contributed by atoms with Crippen LogP contribution in [0.25, 0.3) is 0 Å². The molecule has 1 aliphatic rings. The van der Waals surface area contributed by atoms with Gasteiger partial charge in [-0.3, -0.25) is 0 Å². The molecule has 0 aromatic heterocycles. The molecule has 0 heterocycles. The molecule has 100 valence electrons. The third kappa shape index (κ3) is 3.74. The lowest BCUT2D eigenvalue weighted by molar-refractivity contribution is 0.399. The monoisotopic (exact) mass is 247 g/mol. The van der Waals surface area contributed by atoms with Crippen LogP contribution in [0, 0.1) is 11.8 Å². The van der Waals surface area contributed by atoms with Crippen LogP contribution < -0.4 is 10.1 Å². The second-order valence-electron chi connectivity index (χ2n) is 5.64. The number of para-hydroxylation sites is 1. The van der Waals surface area contributed by atoms with Crippen LogP contribution in [0.5, 0.6) is 5.75 Å². The summed E-state index contributed by atoms with van der Waals surface area (Å²) in [4.78, 5) is 0. The number of nitrogens with one attached hydrogen (secondary N) is 1. The highest BCUT2D eigenvalue weighted by molar-refractivity contribution is 5.33. The summed E-state index contributed by atoms with van der Waals surface area (Å²) >= 11 is 0. The van der Waals surface area contributed by atoms with Gasteiger partial charge in [0.15, 0.2) is 0 Å². The zero-order chi connectivity index (χ0) is 13.0. The Kier molecular flexibility index (Phi) is 4.65. The fraction of sp³-hybridized carbons (Fsp3) is 0.625. The molecular weight excluding hydrogens is 222 g/mol. The first-order chi connectivity index (χ1) is 8.70. The van der Waals surface area contributed by atoms with Crippen molar-refractivity contribution >= 4 is 0 Å². The SMILES string of the molecule is COc1ccccc1CC(C)NCC(C)C1CC1. The minimum Gasteiger partial charge on any atom is -0.496 e. The van der Waals surface area contributed by atoms with E-state index >= 15 is 0 Å². The molecule has 1 N–H and O–H groups in total. The van der Waals surface area contributed by atoms with Gasteiger partial charge in [-0.15, -0.1) is 0 Å². The summed E-state index contributed by atoms with van der Waals surface area (Å²) in [7, 11) is 1.74. The quantitative estimate of drug-likeness (QED) is 0.798. The predicted molar refractivity (Wildman–Crippen MR) is 76.1 cm³/mol. The normalized spacial score (nSPS) is 18.4. The maximum atomic E-state index is 5.39. The van der Waals surface area contributed by atoms with E-state index in [4.69, 9.17) is 4.74 Å². The van der Waals surface area contributed by atoms with Gasteiger partial charge in [-0.2, -0.15) is 0 Å². The molecule has 0 aliphatic heterocycles. The smallest absolute Gasteiger partial charge is 0.122 e. The lowest BCUT2D eigenvalue weighted by Crippen LogP contribution is -2.32. The first kappa shape index (κ1) is 13.4. The van der Waals surface area contributed by atoms with E-state index < -0.39 is 0 Å². The second kappa shape index (κ2) is 6.24. The van der Waals surface area contributed by atoms with E-state index in [1.165, 1.54) is 18.4 Å². The van der Waals surface area contributed by atoms with E-state index in [2.05, 4.69) is 31.3 Å². The van der Waals surface area contributed by atoms with Gasteiger partial charge in [-0.25, -0.2) is 0 Å². The largest absolute Gasteiger partial charge is 0.496 e. The van der Waals surface area contributed by atoms with Gasteiger partial charge in [0.2, 0.25) is 0 Å².